The number of hydrogen-bond acceptors (Lipinski definition) is 7. The molecule has 1 saturated heterocycles. The van der Waals surface area contributed by atoms with Crippen LogP contribution >= 0.6 is 0 Å². The fraction of sp³-hybridized carbons (Fsp3) is 0.481. The molecule has 0 amide bonds. The number of benzene rings is 1. The molecule has 1 aliphatic rings. The summed E-state index contributed by atoms with van der Waals surface area (Å²) in [5.41, 5.74) is 2.76. The highest BCUT2D eigenvalue weighted by molar-refractivity contribution is 5.79. The molecule has 36 heavy (non-hydrogen) atoms. The maximum atomic E-state index is 13.1. The van der Waals surface area contributed by atoms with Crippen molar-refractivity contribution in [1.29, 1.82) is 0 Å². The molecule has 1 fully saturated rings. The van der Waals surface area contributed by atoms with Crippen LogP contribution in [0.2, 0.25) is 0 Å². The number of H-pyrrole nitrogens is 1. The van der Waals surface area contributed by atoms with Crippen molar-refractivity contribution in [3.63, 3.8) is 0 Å². The van der Waals surface area contributed by atoms with Crippen molar-refractivity contribution in [2.45, 2.75) is 65.3 Å². The van der Waals surface area contributed by atoms with Crippen LogP contribution in [-0.2, 0) is 24.2 Å². The molecule has 3 aromatic heterocycles. The number of ether oxygens (including phenoxy) is 1. The number of aryl methyl sites for hydroxylation is 1. The van der Waals surface area contributed by atoms with Gasteiger partial charge < -0.3 is 14.1 Å². The molecule has 2 atom stereocenters. The molecule has 0 bridgehead atoms. The summed E-state index contributed by atoms with van der Waals surface area (Å²) in [4.78, 5) is 18.5. The fourth-order valence-corrected chi connectivity index (χ4v) is 5.15. The van der Waals surface area contributed by atoms with Crippen LogP contribution in [0.4, 0.5) is 0 Å². The van der Waals surface area contributed by atoms with Gasteiger partial charge in [0.15, 0.2) is 5.82 Å². The summed E-state index contributed by atoms with van der Waals surface area (Å²) in [5, 5.41) is 13.8. The standard InChI is InChI=1S/C27H34N6O3/c1-4-19-9-10-24-20(13-19)14-21(27(34)28-24)15-32(16-22-7-5-11-35-22)25(18(2)3)26-29-30-31-33(26)17-23-8-6-12-36-23/h6,8-10,12-14,18,22,25H,4-5,7,11,15-17H2,1-3H3,(H,28,34)/t22-,25-/m1/s1. The first kappa shape index (κ1) is 24.4. The van der Waals surface area contributed by atoms with E-state index in [0.29, 0.717) is 19.6 Å². The molecule has 0 saturated carbocycles. The molecule has 9 nitrogen and oxygen atoms in total. The summed E-state index contributed by atoms with van der Waals surface area (Å²) in [6.45, 7) is 8.85. The van der Waals surface area contributed by atoms with Crippen LogP contribution in [-0.4, -0.2) is 49.3 Å². The van der Waals surface area contributed by atoms with E-state index >= 15 is 0 Å². The van der Waals surface area contributed by atoms with Crippen LogP contribution in [0.15, 0.2) is 51.9 Å². The molecule has 0 radical (unpaired) electrons. The van der Waals surface area contributed by atoms with Gasteiger partial charge in [-0.05, 0) is 76.9 Å². The summed E-state index contributed by atoms with van der Waals surface area (Å²) in [6, 6.07) is 11.9. The Balaban J connectivity index is 1.51. The Labute approximate surface area is 210 Å². The summed E-state index contributed by atoms with van der Waals surface area (Å²) >= 11 is 0. The number of tetrazole rings is 1. The van der Waals surface area contributed by atoms with Gasteiger partial charge in [-0.1, -0.05) is 26.8 Å². The number of nitrogens with zero attached hydrogens (tertiary/aromatic N) is 5. The Morgan fingerprint density at radius 1 is 1.25 bits per heavy atom. The lowest BCUT2D eigenvalue weighted by Gasteiger charge is -2.35. The van der Waals surface area contributed by atoms with E-state index in [-0.39, 0.29) is 23.6 Å². The quantitative estimate of drug-likeness (QED) is 0.357. The highest BCUT2D eigenvalue weighted by Gasteiger charge is 2.32. The van der Waals surface area contributed by atoms with Gasteiger partial charge in [0, 0.05) is 30.8 Å². The Bertz CT molecular complexity index is 1340. The van der Waals surface area contributed by atoms with Crippen LogP contribution in [0.25, 0.3) is 10.9 Å². The Morgan fingerprint density at radius 3 is 2.86 bits per heavy atom. The molecule has 4 aromatic rings. The molecule has 1 N–H and O–H groups in total. The summed E-state index contributed by atoms with van der Waals surface area (Å²) in [5.74, 6) is 1.73. The minimum absolute atomic E-state index is 0.0678. The zero-order valence-corrected chi connectivity index (χ0v) is 21.2. The van der Waals surface area contributed by atoms with Gasteiger partial charge >= 0.3 is 0 Å². The first-order chi connectivity index (χ1) is 17.5. The van der Waals surface area contributed by atoms with Crippen molar-refractivity contribution in [3.8, 4) is 0 Å². The molecule has 0 unspecified atom stereocenters. The zero-order chi connectivity index (χ0) is 25.1. The van der Waals surface area contributed by atoms with Gasteiger partial charge in [-0.2, -0.15) is 0 Å². The predicted molar refractivity (Wildman–Crippen MR) is 137 cm³/mol. The average molecular weight is 491 g/mol. The molecular weight excluding hydrogens is 456 g/mol. The van der Waals surface area contributed by atoms with Gasteiger partial charge in [-0.25, -0.2) is 4.68 Å². The maximum absolute atomic E-state index is 13.1. The van der Waals surface area contributed by atoms with E-state index in [1.54, 1.807) is 10.9 Å². The zero-order valence-electron chi connectivity index (χ0n) is 21.2. The maximum Gasteiger partial charge on any atom is 0.252 e. The van der Waals surface area contributed by atoms with Crippen LogP contribution in [0, 0.1) is 5.92 Å². The summed E-state index contributed by atoms with van der Waals surface area (Å²) in [7, 11) is 0. The smallest absolute Gasteiger partial charge is 0.252 e. The molecule has 0 aliphatic carbocycles. The van der Waals surface area contributed by atoms with Crippen molar-refractivity contribution in [2.24, 2.45) is 5.92 Å². The van der Waals surface area contributed by atoms with Crippen LogP contribution in [0.3, 0.4) is 0 Å². The van der Waals surface area contributed by atoms with Gasteiger partial charge in [0.25, 0.3) is 5.56 Å². The fourth-order valence-electron chi connectivity index (χ4n) is 5.15. The Morgan fingerprint density at radius 2 is 2.14 bits per heavy atom. The highest BCUT2D eigenvalue weighted by Crippen LogP contribution is 2.30. The second-order valence-electron chi connectivity index (χ2n) is 9.93. The normalized spacial score (nSPS) is 17.0. The largest absolute Gasteiger partial charge is 0.467 e. The van der Waals surface area contributed by atoms with E-state index in [1.165, 1.54) is 5.56 Å². The van der Waals surface area contributed by atoms with Crippen molar-refractivity contribution < 1.29 is 9.15 Å². The number of fused-ring (bicyclic) bond motifs is 1. The number of pyridine rings is 1. The Kier molecular flexibility index (Phi) is 7.29. The van der Waals surface area contributed by atoms with Gasteiger partial charge in [-0.15, -0.1) is 5.10 Å². The second-order valence-corrected chi connectivity index (χ2v) is 9.93. The number of aromatic nitrogens is 5. The minimum atomic E-state index is -0.115. The first-order valence-corrected chi connectivity index (χ1v) is 12.8. The number of nitrogens with one attached hydrogen (secondary N) is 1. The second kappa shape index (κ2) is 10.8. The van der Waals surface area contributed by atoms with E-state index in [2.05, 4.69) is 58.3 Å². The lowest BCUT2D eigenvalue weighted by Crippen LogP contribution is -2.40. The van der Waals surface area contributed by atoms with E-state index < -0.39 is 0 Å². The molecule has 1 aromatic carbocycles. The molecule has 1 aliphatic heterocycles. The van der Waals surface area contributed by atoms with Crippen molar-refractivity contribution in [1.82, 2.24) is 30.1 Å². The van der Waals surface area contributed by atoms with Gasteiger partial charge in [-0.3, -0.25) is 9.69 Å². The molecule has 5 rings (SSSR count). The highest BCUT2D eigenvalue weighted by atomic mass is 16.5. The molecule has 4 heterocycles. The van der Waals surface area contributed by atoms with E-state index in [4.69, 9.17) is 9.15 Å². The lowest BCUT2D eigenvalue weighted by atomic mass is 9.99. The third-order valence-corrected chi connectivity index (χ3v) is 6.96. The average Bonchev–Trinajstić information content (AvgIpc) is 3.64. The monoisotopic (exact) mass is 490 g/mol. The van der Waals surface area contributed by atoms with Crippen molar-refractivity contribution in [2.75, 3.05) is 13.2 Å². The van der Waals surface area contributed by atoms with Gasteiger partial charge in [0.1, 0.15) is 12.3 Å². The minimum Gasteiger partial charge on any atom is -0.467 e. The first-order valence-electron chi connectivity index (χ1n) is 12.8. The van der Waals surface area contributed by atoms with Crippen molar-refractivity contribution in [3.05, 3.63) is 75.7 Å². The summed E-state index contributed by atoms with van der Waals surface area (Å²) in [6.07, 6.45) is 4.78. The molecule has 0 spiro atoms. The number of rotatable bonds is 10. The lowest BCUT2D eigenvalue weighted by molar-refractivity contribution is 0.0384. The van der Waals surface area contributed by atoms with E-state index in [1.807, 2.05) is 24.3 Å². The number of hydrogen-bond donors (Lipinski definition) is 1. The third-order valence-electron chi connectivity index (χ3n) is 6.96. The number of furan rings is 1. The van der Waals surface area contributed by atoms with Crippen LogP contribution in [0.1, 0.15) is 62.4 Å². The Hall–Kier alpha value is -3.30. The van der Waals surface area contributed by atoms with E-state index in [0.717, 1.165) is 53.9 Å². The molecule has 9 heteroatoms. The van der Waals surface area contributed by atoms with Crippen molar-refractivity contribution >= 4 is 10.9 Å². The predicted octanol–water partition coefficient (Wildman–Crippen LogP) is 4.10. The van der Waals surface area contributed by atoms with Gasteiger partial charge in [0.2, 0.25) is 0 Å². The van der Waals surface area contributed by atoms with Gasteiger partial charge in [0.05, 0.1) is 18.4 Å². The van der Waals surface area contributed by atoms with Crippen LogP contribution < -0.4 is 5.56 Å². The number of aromatic amines is 1. The molecular formula is C27H34N6O3. The summed E-state index contributed by atoms with van der Waals surface area (Å²) < 4.78 is 13.4. The SMILES string of the molecule is CCc1ccc2[nH]c(=O)c(CN(C[C@H]3CCCO3)[C@@H](c3nnnn3Cc3ccco3)C(C)C)cc2c1. The van der Waals surface area contributed by atoms with Crippen LogP contribution in [0.5, 0.6) is 0 Å². The third kappa shape index (κ3) is 5.27. The topological polar surface area (TPSA) is 102 Å². The molecule has 190 valence electrons. The van der Waals surface area contributed by atoms with E-state index in [9.17, 15) is 4.79 Å².